The Labute approximate surface area is 140 Å². The smallest absolute Gasteiger partial charge is 0.328 e. The first kappa shape index (κ1) is 19.5. The molecule has 1 fully saturated rings. The third-order valence-corrected chi connectivity index (χ3v) is 4.37. The number of nitrogens with zero attached hydrogens (tertiary/aromatic N) is 1. The van der Waals surface area contributed by atoms with Crippen LogP contribution in [0.3, 0.4) is 0 Å². The van der Waals surface area contributed by atoms with E-state index in [1.165, 1.54) is 18.3 Å². The number of allylic oxidation sites excluding steroid dienone is 4. The number of hydrogen-bond acceptors (Lipinski definition) is 3. The lowest BCUT2D eigenvalue weighted by Crippen LogP contribution is -2.44. The summed E-state index contributed by atoms with van der Waals surface area (Å²) in [6.45, 7) is 8.41. The average molecular weight is 321 g/mol. The van der Waals surface area contributed by atoms with Crippen LogP contribution in [-0.4, -0.2) is 36.0 Å². The zero-order chi connectivity index (χ0) is 17.4. The lowest BCUT2D eigenvalue weighted by molar-refractivity contribution is -0.150. The molecule has 1 heterocycles. The van der Waals surface area contributed by atoms with E-state index in [2.05, 4.69) is 32.9 Å². The molecule has 2 unspecified atom stereocenters. The van der Waals surface area contributed by atoms with Gasteiger partial charge in [-0.05, 0) is 59.8 Å². The molecule has 2 atom stereocenters. The van der Waals surface area contributed by atoms with E-state index in [1.54, 1.807) is 4.90 Å². The number of hydrogen-bond donors (Lipinski definition) is 0. The van der Waals surface area contributed by atoms with Gasteiger partial charge in [0.15, 0.2) is 0 Å². The third-order valence-electron chi connectivity index (χ3n) is 4.37. The number of methoxy groups -OCH3 is 1. The molecule has 0 aliphatic carbocycles. The highest BCUT2D eigenvalue weighted by atomic mass is 16.5. The van der Waals surface area contributed by atoms with Crippen molar-refractivity contribution < 1.29 is 14.3 Å². The highest BCUT2D eigenvalue weighted by Crippen LogP contribution is 2.24. The summed E-state index contributed by atoms with van der Waals surface area (Å²) in [5, 5.41) is 0. The molecule has 23 heavy (non-hydrogen) atoms. The number of carbonyl (C=O) groups is 2. The monoisotopic (exact) mass is 321 g/mol. The van der Waals surface area contributed by atoms with Crippen molar-refractivity contribution in [2.24, 2.45) is 0 Å². The van der Waals surface area contributed by atoms with Crippen LogP contribution in [0.4, 0.5) is 0 Å². The van der Waals surface area contributed by atoms with Gasteiger partial charge in [-0.1, -0.05) is 23.3 Å². The summed E-state index contributed by atoms with van der Waals surface area (Å²) >= 11 is 0. The highest BCUT2D eigenvalue weighted by Gasteiger charge is 2.39. The predicted molar refractivity (Wildman–Crippen MR) is 93.0 cm³/mol. The topological polar surface area (TPSA) is 46.6 Å². The highest BCUT2D eigenvalue weighted by molar-refractivity contribution is 5.88. The maximum atomic E-state index is 12.0. The van der Waals surface area contributed by atoms with Crippen molar-refractivity contribution in [3.05, 3.63) is 23.3 Å². The number of likely N-dealkylation sites (tertiary alicyclic amines) is 1. The molecule has 0 aromatic carbocycles. The quantitative estimate of drug-likeness (QED) is 0.501. The molecule has 0 aromatic rings. The SMILES string of the molecule is COC(=O)C1CCC(=O)N1C(C)CCC=C(C)CCC=C(C)C. The molecule has 4 heteroatoms. The van der Waals surface area contributed by atoms with Crippen LogP contribution >= 0.6 is 0 Å². The molecule has 130 valence electrons. The molecular formula is C19H31NO3. The second-order valence-corrected chi connectivity index (χ2v) is 6.68. The van der Waals surface area contributed by atoms with Crippen LogP contribution in [-0.2, 0) is 14.3 Å². The summed E-state index contributed by atoms with van der Waals surface area (Å²) in [4.78, 5) is 25.6. The van der Waals surface area contributed by atoms with Crippen molar-refractivity contribution >= 4 is 11.9 Å². The molecule has 1 aliphatic rings. The van der Waals surface area contributed by atoms with E-state index < -0.39 is 6.04 Å². The zero-order valence-electron chi connectivity index (χ0n) is 15.2. The Morgan fingerprint density at radius 2 is 2.00 bits per heavy atom. The number of ether oxygens (including phenoxy) is 1. The van der Waals surface area contributed by atoms with Gasteiger partial charge in [0.1, 0.15) is 6.04 Å². The normalized spacial score (nSPS) is 19.7. The summed E-state index contributed by atoms with van der Waals surface area (Å²) in [6, 6.07) is -0.332. The van der Waals surface area contributed by atoms with Gasteiger partial charge in [-0.3, -0.25) is 4.79 Å². The molecule has 0 N–H and O–H groups in total. The first-order chi connectivity index (χ1) is 10.9. The van der Waals surface area contributed by atoms with Crippen molar-refractivity contribution in [3.8, 4) is 0 Å². The van der Waals surface area contributed by atoms with Crippen LogP contribution < -0.4 is 0 Å². The predicted octanol–water partition coefficient (Wildman–Crippen LogP) is 4.01. The first-order valence-electron chi connectivity index (χ1n) is 8.54. The Morgan fingerprint density at radius 3 is 2.61 bits per heavy atom. The van der Waals surface area contributed by atoms with Gasteiger partial charge in [-0.25, -0.2) is 4.79 Å². The first-order valence-corrected chi connectivity index (χ1v) is 8.54. The maximum Gasteiger partial charge on any atom is 0.328 e. The Kier molecular flexibility index (Phi) is 8.07. The lowest BCUT2D eigenvalue weighted by Gasteiger charge is -2.29. The van der Waals surface area contributed by atoms with Gasteiger partial charge in [0.2, 0.25) is 5.91 Å². The van der Waals surface area contributed by atoms with Crippen molar-refractivity contribution in [2.45, 2.75) is 78.3 Å². The van der Waals surface area contributed by atoms with Crippen molar-refractivity contribution in [1.82, 2.24) is 4.90 Å². The molecule has 1 saturated heterocycles. The average Bonchev–Trinajstić information content (AvgIpc) is 2.87. The maximum absolute atomic E-state index is 12.0. The van der Waals surface area contributed by atoms with Gasteiger partial charge in [-0.2, -0.15) is 0 Å². The Balaban J connectivity index is 2.48. The fourth-order valence-corrected chi connectivity index (χ4v) is 3.02. The van der Waals surface area contributed by atoms with Gasteiger partial charge in [0, 0.05) is 12.5 Å². The molecular weight excluding hydrogens is 290 g/mol. The number of carbonyl (C=O) groups excluding carboxylic acids is 2. The Bertz CT molecular complexity index is 475. The van der Waals surface area contributed by atoms with Crippen molar-refractivity contribution in [3.63, 3.8) is 0 Å². The molecule has 0 aromatic heterocycles. The molecule has 1 rings (SSSR count). The van der Waals surface area contributed by atoms with E-state index in [9.17, 15) is 9.59 Å². The molecule has 1 amide bonds. The van der Waals surface area contributed by atoms with Crippen LogP contribution in [0.1, 0.15) is 66.2 Å². The standard InChI is InChI=1S/C19H31NO3/c1-14(2)8-6-9-15(3)10-7-11-16(4)20-17(19(22)23-5)12-13-18(20)21/h8,10,16-17H,6-7,9,11-13H2,1-5H3. The van der Waals surface area contributed by atoms with Crippen LogP contribution in [0.15, 0.2) is 23.3 Å². The minimum Gasteiger partial charge on any atom is -0.467 e. The summed E-state index contributed by atoms with van der Waals surface area (Å²) in [7, 11) is 1.38. The van der Waals surface area contributed by atoms with E-state index in [-0.39, 0.29) is 17.9 Å². The molecule has 0 radical (unpaired) electrons. The molecule has 0 saturated carbocycles. The molecule has 0 bridgehead atoms. The molecule has 0 spiro atoms. The van der Waals surface area contributed by atoms with Crippen molar-refractivity contribution in [2.75, 3.05) is 7.11 Å². The summed E-state index contributed by atoms with van der Waals surface area (Å²) in [6.07, 6.45) is 9.49. The third kappa shape index (κ3) is 6.20. The Morgan fingerprint density at radius 1 is 1.30 bits per heavy atom. The van der Waals surface area contributed by atoms with E-state index in [0.717, 1.165) is 25.7 Å². The van der Waals surface area contributed by atoms with E-state index in [0.29, 0.717) is 12.8 Å². The van der Waals surface area contributed by atoms with E-state index >= 15 is 0 Å². The fraction of sp³-hybridized carbons (Fsp3) is 0.684. The Hall–Kier alpha value is -1.58. The van der Waals surface area contributed by atoms with E-state index in [1.807, 2.05) is 6.92 Å². The van der Waals surface area contributed by atoms with Crippen LogP contribution in [0.2, 0.25) is 0 Å². The number of esters is 1. The van der Waals surface area contributed by atoms with Gasteiger partial charge < -0.3 is 9.64 Å². The van der Waals surface area contributed by atoms with E-state index in [4.69, 9.17) is 4.74 Å². The molecule has 1 aliphatic heterocycles. The number of amides is 1. The van der Waals surface area contributed by atoms with Crippen LogP contribution in [0.5, 0.6) is 0 Å². The van der Waals surface area contributed by atoms with Crippen molar-refractivity contribution in [1.29, 1.82) is 0 Å². The van der Waals surface area contributed by atoms with Crippen LogP contribution in [0.25, 0.3) is 0 Å². The largest absolute Gasteiger partial charge is 0.467 e. The van der Waals surface area contributed by atoms with Crippen LogP contribution in [0, 0.1) is 0 Å². The minimum absolute atomic E-state index is 0.0657. The van der Waals surface area contributed by atoms with Gasteiger partial charge in [-0.15, -0.1) is 0 Å². The second kappa shape index (κ2) is 9.53. The summed E-state index contributed by atoms with van der Waals surface area (Å²) in [5.41, 5.74) is 2.74. The second-order valence-electron chi connectivity index (χ2n) is 6.68. The number of rotatable bonds is 8. The molecule has 4 nitrogen and oxygen atoms in total. The fourth-order valence-electron chi connectivity index (χ4n) is 3.02. The minimum atomic E-state index is -0.398. The van der Waals surface area contributed by atoms with Gasteiger partial charge in [0.25, 0.3) is 0 Å². The lowest BCUT2D eigenvalue weighted by atomic mass is 10.1. The summed E-state index contributed by atoms with van der Waals surface area (Å²) < 4.78 is 4.82. The zero-order valence-corrected chi connectivity index (χ0v) is 15.2. The summed E-state index contributed by atoms with van der Waals surface area (Å²) in [5.74, 6) is -0.228. The van der Waals surface area contributed by atoms with Gasteiger partial charge in [0.05, 0.1) is 7.11 Å². The van der Waals surface area contributed by atoms with Gasteiger partial charge >= 0.3 is 5.97 Å².